The number of amides is 1. The average Bonchev–Trinajstić information content (AvgIpc) is 2.28. The monoisotopic (exact) mass is 311 g/mol. The molecule has 1 fully saturated rings. The third-order valence-corrected chi connectivity index (χ3v) is 4.15. The number of carbonyl (C=O) groups excluding carboxylic acids is 1. The van der Waals surface area contributed by atoms with Crippen molar-refractivity contribution < 1.29 is 9.53 Å². The van der Waals surface area contributed by atoms with Crippen LogP contribution in [0.15, 0.2) is 22.7 Å². The SMILES string of the molecule is COC1(CC(=O)Nc2cc(Br)ccc2C)CCC1. The zero-order chi connectivity index (χ0) is 13.2. The van der Waals surface area contributed by atoms with Gasteiger partial charge in [0.2, 0.25) is 5.91 Å². The highest BCUT2D eigenvalue weighted by molar-refractivity contribution is 9.10. The highest BCUT2D eigenvalue weighted by Crippen LogP contribution is 2.38. The number of methoxy groups -OCH3 is 1. The van der Waals surface area contributed by atoms with Crippen molar-refractivity contribution in [3.8, 4) is 0 Å². The van der Waals surface area contributed by atoms with Gasteiger partial charge in [-0.2, -0.15) is 0 Å². The molecule has 18 heavy (non-hydrogen) atoms. The van der Waals surface area contributed by atoms with E-state index in [0.29, 0.717) is 6.42 Å². The first-order valence-electron chi connectivity index (χ1n) is 6.16. The Bertz CT molecular complexity index is 450. The van der Waals surface area contributed by atoms with Crippen molar-refractivity contribution in [1.29, 1.82) is 0 Å². The van der Waals surface area contributed by atoms with Crippen LogP contribution in [0.3, 0.4) is 0 Å². The van der Waals surface area contributed by atoms with Crippen molar-refractivity contribution in [2.45, 2.75) is 38.2 Å². The van der Waals surface area contributed by atoms with Gasteiger partial charge >= 0.3 is 0 Å². The van der Waals surface area contributed by atoms with Crippen molar-refractivity contribution in [2.75, 3.05) is 12.4 Å². The molecule has 3 nitrogen and oxygen atoms in total. The number of ether oxygens (including phenoxy) is 1. The summed E-state index contributed by atoms with van der Waals surface area (Å²) in [5.74, 6) is 0.0257. The lowest BCUT2D eigenvalue weighted by Crippen LogP contribution is -2.42. The molecule has 0 unspecified atom stereocenters. The van der Waals surface area contributed by atoms with Crippen molar-refractivity contribution in [3.05, 3.63) is 28.2 Å². The molecule has 0 spiro atoms. The maximum atomic E-state index is 12.0. The molecule has 0 bridgehead atoms. The molecule has 0 aliphatic heterocycles. The summed E-state index contributed by atoms with van der Waals surface area (Å²) in [7, 11) is 1.69. The lowest BCUT2D eigenvalue weighted by Gasteiger charge is -2.39. The summed E-state index contributed by atoms with van der Waals surface area (Å²) in [6, 6.07) is 5.87. The number of aryl methyl sites for hydroxylation is 1. The molecule has 1 aromatic carbocycles. The minimum absolute atomic E-state index is 0.0257. The zero-order valence-electron chi connectivity index (χ0n) is 10.8. The van der Waals surface area contributed by atoms with Crippen LogP contribution in [0.25, 0.3) is 0 Å². The second-order valence-electron chi connectivity index (χ2n) is 4.92. The van der Waals surface area contributed by atoms with Crippen LogP contribution in [0.1, 0.15) is 31.2 Å². The van der Waals surface area contributed by atoms with E-state index in [2.05, 4.69) is 21.2 Å². The van der Waals surface area contributed by atoms with Gasteiger partial charge in [0.25, 0.3) is 0 Å². The minimum atomic E-state index is -0.218. The Labute approximate surface area is 116 Å². The van der Waals surface area contributed by atoms with Gasteiger partial charge in [0.15, 0.2) is 0 Å². The maximum absolute atomic E-state index is 12.0. The molecule has 0 heterocycles. The summed E-state index contributed by atoms with van der Waals surface area (Å²) in [5.41, 5.74) is 1.70. The number of halogens is 1. The number of rotatable bonds is 4. The van der Waals surface area contributed by atoms with Crippen molar-refractivity contribution >= 4 is 27.5 Å². The van der Waals surface area contributed by atoms with Gasteiger partial charge in [-0.1, -0.05) is 22.0 Å². The lowest BCUT2D eigenvalue weighted by molar-refractivity contribution is -0.129. The smallest absolute Gasteiger partial charge is 0.227 e. The molecule has 0 atom stereocenters. The molecule has 1 aliphatic carbocycles. The number of anilines is 1. The highest BCUT2D eigenvalue weighted by atomic mass is 79.9. The molecule has 1 saturated carbocycles. The summed E-state index contributed by atoms with van der Waals surface area (Å²) >= 11 is 3.41. The van der Waals surface area contributed by atoms with Gasteiger partial charge in [-0.25, -0.2) is 0 Å². The number of carbonyl (C=O) groups is 1. The average molecular weight is 312 g/mol. The quantitative estimate of drug-likeness (QED) is 0.921. The maximum Gasteiger partial charge on any atom is 0.227 e. The van der Waals surface area contributed by atoms with Gasteiger partial charge in [0.05, 0.1) is 12.0 Å². The number of hydrogen-bond donors (Lipinski definition) is 1. The van der Waals surface area contributed by atoms with E-state index in [1.165, 1.54) is 0 Å². The van der Waals surface area contributed by atoms with Crippen LogP contribution in [-0.2, 0) is 9.53 Å². The predicted molar refractivity (Wildman–Crippen MR) is 75.7 cm³/mol. The molecule has 4 heteroatoms. The van der Waals surface area contributed by atoms with Gasteiger partial charge < -0.3 is 10.1 Å². The third kappa shape index (κ3) is 2.93. The van der Waals surface area contributed by atoms with Crippen molar-refractivity contribution in [2.24, 2.45) is 0 Å². The van der Waals surface area contributed by atoms with Crippen LogP contribution in [-0.4, -0.2) is 18.6 Å². The Morgan fingerprint density at radius 1 is 1.50 bits per heavy atom. The van der Waals surface area contributed by atoms with E-state index in [1.807, 2.05) is 25.1 Å². The number of hydrogen-bond acceptors (Lipinski definition) is 2. The van der Waals surface area contributed by atoms with Gasteiger partial charge in [0.1, 0.15) is 0 Å². The first kappa shape index (κ1) is 13.6. The first-order chi connectivity index (χ1) is 8.54. The summed E-state index contributed by atoms with van der Waals surface area (Å²) < 4.78 is 6.43. The molecule has 0 aromatic heterocycles. The van der Waals surface area contributed by atoms with E-state index in [1.54, 1.807) is 7.11 Å². The lowest BCUT2D eigenvalue weighted by atomic mass is 9.77. The van der Waals surface area contributed by atoms with Gasteiger partial charge in [-0.05, 0) is 43.9 Å². The molecular formula is C14H18BrNO2. The van der Waals surface area contributed by atoms with E-state index in [-0.39, 0.29) is 11.5 Å². The summed E-state index contributed by atoms with van der Waals surface area (Å²) in [4.78, 5) is 12.0. The van der Waals surface area contributed by atoms with Crippen LogP contribution in [0.2, 0.25) is 0 Å². The molecule has 1 aliphatic rings. The molecule has 2 rings (SSSR count). The predicted octanol–water partition coefficient (Wildman–Crippen LogP) is 3.66. The van der Waals surface area contributed by atoms with Crippen LogP contribution in [0.5, 0.6) is 0 Å². The Hall–Kier alpha value is -0.870. The van der Waals surface area contributed by atoms with E-state index >= 15 is 0 Å². The van der Waals surface area contributed by atoms with Crippen LogP contribution < -0.4 is 5.32 Å². The van der Waals surface area contributed by atoms with E-state index in [0.717, 1.165) is 35.0 Å². The molecule has 98 valence electrons. The molecule has 1 amide bonds. The number of nitrogens with one attached hydrogen (secondary N) is 1. The third-order valence-electron chi connectivity index (χ3n) is 3.65. The fraction of sp³-hybridized carbons (Fsp3) is 0.500. The minimum Gasteiger partial charge on any atom is -0.378 e. The molecule has 1 N–H and O–H groups in total. The largest absolute Gasteiger partial charge is 0.378 e. The fourth-order valence-corrected chi connectivity index (χ4v) is 2.60. The second-order valence-corrected chi connectivity index (χ2v) is 5.84. The van der Waals surface area contributed by atoms with Crippen molar-refractivity contribution in [1.82, 2.24) is 0 Å². The zero-order valence-corrected chi connectivity index (χ0v) is 12.3. The normalized spacial score (nSPS) is 17.1. The molecule has 0 saturated heterocycles. The Morgan fingerprint density at radius 3 is 2.78 bits per heavy atom. The van der Waals surface area contributed by atoms with Crippen LogP contribution >= 0.6 is 15.9 Å². The summed E-state index contributed by atoms with van der Waals surface area (Å²) in [6.45, 7) is 1.98. The molecular weight excluding hydrogens is 294 g/mol. The standard InChI is InChI=1S/C14H18BrNO2/c1-10-4-5-11(15)8-12(10)16-13(17)9-14(18-2)6-3-7-14/h4-5,8H,3,6-7,9H2,1-2H3,(H,16,17). The van der Waals surface area contributed by atoms with Crippen molar-refractivity contribution in [3.63, 3.8) is 0 Å². The fourth-order valence-electron chi connectivity index (χ4n) is 2.24. The Kier molecular flexibility index (Phi) is 4.07. The second kappa shape index (κ2) is 5.41. The first-order valence-corrected chi connectivity index (χ1v) is 6.95. The van der Waals surface area contributed by atoms with Gasteiger partial charge in [0, 0.05) is 17.3 Å². The molecule has 0 radical (unpaired) electrons. The number of benzene rings is 1. The van der Waals surface area contributed by atoms with Gasteiger partial charge in [-0.3, -0.25) is 4.79 Å². The van der Waals surface area contributed by atoms with Gasteiger partial charge in [-0.15, -0.1) is 0 Å². The summed E-state index contributed by atoms with van der Waals surface area (Å²) in [6.07, 6.45) is 3.55. The van der Waals surface area contributed by atoms with Crippen LogP contribution in [0, 0.1) is 6.92 Å². The Balaban J connectivity index is 2.00. The topological polar surface area (TPSA) is 38.3 Å². The Morgan fingerprint density at radius 2 is 2.22 bits per heavy atom. The van der Waals surface area contributed by atoms with Crippen LogP contribution in [0.4, 0.5) is 5.69 Å². The molecule has 1 aromatic rings. The van der Waals surface area contributed by atoms with E-state index < -0.39 is 0 Å². The highest BCUT2D eigenvalue weighted by Gasteiger charge is 2.38. The van der Waals surface area contributed by atoms with E-state index in [4.69, 9.17) is 4.74 Å². The summed E-state index contributed by atoms with van der Waals surface area (Å²) in [5, 5.41) is 2.96. The van der Waals surface area contributed by atoms with E-state index in [9.17, 15) is 4.79 Å².